The van der Waals surface area contributed by atoms with Crippen LogP contribution in [0.25, 0.3) is 5.69 Å². The van der Waals surface area contributed by atoms with Crippen LogP contribution in [0.2, 0.25) is 0 Å². The van der Waals surface area contributed by atoms with Gasteiger partial charge in [0.1, 0.15) is 11.5 Å². The monoisotopic (exact) mass is 289 g/mol. The second-order valence-electron chi connectivity index (χ2n) is 4.44. The van der Waals surface area contributed by atoms with Crippen LogP contribution in [0.1, 0.15) is 21.7 Å². The second-order valence-corrected chi connectivity index (χ2v) is 4.44. The van der Waals surface area contributed by atoms with Crippen LogP contribution in [0, 0.1) is 37.8 Å². The molecule has 2 aromatic rings. The van der Waals surface area contributed by atoms with Crippen molar-refractivity contribution in [2.45, 2.75) is 13.8 Å². The summed E-state index contributed by atoms with van der Waals surface area (Å²) >= 11 is 0. The summed E-state index contributed by atoms with van der Waals surface area (Å²) in [7, 11) is 0. The highest BCUT2D eigenvalue weighted by molar-refractivity contribution is 5.96. The maximum Gasteiger partial charge on any atom is 0.255 e. The van der Waals surface area contributed by atoms with Crippen molar-refractivity contribution in [1.29, 1.82) is 0 Å². The van der Waals surface area contributed by atoms with E-state index in [4.69, 9.17) is 6.42 Å². The zero-order valence-electron chi connectivity index (χ0n) is 11.6. The second kappa shape index (κ2) is 5.75. The Labute approximate surface area is 120 Å². The van der Waals surface area contributed by atoms with E-state index in [-0.39, 0.29) is 18.1 Å². The van der Waals surface area contributed by atoms with Gasteiger partial charge in [-0.05, 0) is 26.0 Å². The number of benzene rings is 1. The fourth-order valence-corrected chi connectivity index (χ4v) is 2.08. The molecule has 0 atom stereocenters. The van der Waals surface area contributed by atoms with E-state index in [0.29, 0.717) is 17.0 Å². The van der Waals surface area contributed by atoms with Gasteiger partial charge in [0.25, 0.3) is 5.91 Å². The van der Waals surface area contributed by atoms with Gasteiger partial charge in [0.2, 0.25) is 0 Å². The summed E-state index contributed by atoms with van der Waals surface area (Å²) in [5.41, 5.74) is 1.29. The summed E-state index contributed by atoms with van der Waals surface area (Å²) in [5, 5.41) is 6.68. The third-order valence-corrected chi connectivity index (χ3v) is 3.01. The van der Waals surface area contributed by atoms with Gasteiger partial charge in [-0.2, -0.15) is 5.10 Å². The van der Waals surface area contributed by atoms with Crippen LogP contribution in [0.4, 0.5) is 8.78 Å². The van der Waals surface area contributed by atoms with Crippen molar-refractivity contribution in [2.24, 2.45) is 0 Å². The lowest BCUT2D eigenvalue weighted by atomic mass is 10.2. The summed E-state index contributed by atoms with van der Waals surface area (Å²) in [4.78, 5) is 12.0. The Bertz CT molecular complexity index is 744. The molecule has 1 aromatic heterocycles. The molecule has 0 unspecified atom stereocenters. The van der Waals surface area contributed by atoms with E-state index in [1.165, 1.54) is 10.7 Å². The number of aryl methyl sites for hydroxylation is 1. The third kappa shape index (κ3) is 2.77. The van der Waals surface area contributed by atoms with E-state index in [2.05, 4.69) is 16.3 Å². The van der Waals surface area contributed by atoms with Gasteiger partial charge in [-0.3, -0.25) is 4.79 Å². The van der Waals surface area contributed by atoms with Crippen LogP contribution >= 0.6 is 0 Å². The zero-order chi connectivity index (χ0) is 15.6. The Balaban J connectivity index is 2.48. The van der Waals surface area contributed by atoms with E-state index in [1.54, 1.807) is 13.8 Å². The largest absolute Gasteiger partial charge is 0.341 e. The van der Waals surface area contributed by atoms with Gasteiger partial charge in [-0.1, -0.05) is 5.92 Å². The molecular formula is C15H13F2N3O. The van der Waals surface area contributed by atoms with Crippen LogP contribution in [0.3, 0.4) is 0 Å². The molecule has 0 aliphatic rings. The first kappa shape index (κ1) is 14.7. The molecule has 0 fully saturated rings. The first-order chi connectivity index (χ1) is 9.95. The molecule has 108 valence electrons. The average Bonchev–Trinajstić information content (AvgIpc) is 2.71. The number of hydrogen-bond donors (Lipinski definition) is 1. The van der Waals surface area contributed by atoms with E-state index in [1.807, 2.05) is 0 Å². The van der Waals surface area contributed by atoms with Crippen LogP contribution in [0.5, 0.6) is 0 Å². The van der Waals surface area contributed by atoms with Crippen LogP contribution in [-0.2, 0) is 0 Å². The number of nitrogens with zero attached hydrogens (tertiary/aromatic N) is 2. The molecule has 4 nitrogen and oxygen atoms in total. The summed E-state index contributed by atoms with van der Waals surface area (Å²) in [6.07, 6.45) is 5.09. The van der Waals surface area contributed by atoms with Gasteiger partial charge < -0.3 is 5.32 Å². The molecule has 1 amide bonds. The predicted octanol–water partition coefficient (Wildman–Crippen LogP) is 2.13. The van der Waals surface area contributed by atoms with Crippen molar-refractivity contribution in [2.75, 3.05) is 6.54 Å². The Morgan fingerprint density at radius 2 is 2.14 bits per heavy atom. The standard InChI is InChI=1S/C15H13F2N3O/c1-4-7-18-15(21)14-9(2)19-20(10(14)3)13-6-5-11(16)8-12(13)17/h1,5-6,8H,7H2,2-3H3,(H,18,21). The highest BCUT2D eigenvalue weighted by atomic mass is 19.1. The van der Waals surface area contributed by atoms with Gasteiger partial charge in [0, 0.05) is 6.07 Å². The quantitative estimate of drug-likeness (QED) is 0.880. The number of aromatic nitrogens is 2. The molecule has 0 aliphatic carbocycles. The van der Waals surface area contributed by atoms with Crippen LogP contribution in [-0.4, -0.2) is 22.2 Å². The molecular weight excluding hydrogens is 276 g/mol. The molecule has 1 heterocycles. The van der Waals surface area contributed by atoms with Gasteiger partial charge >= 0.3 is 0 Å². The highest BCUT2D eigenvalue weighted by Gasteiger charge is 2.20. The first-order valence-corrected chi connectivity index (χ1v) is 6.19. The van der Waals surface area contributed by atoms with E-state index in [9.17, 15) is 13.6 Å². The molecule has 0 aliphatic heterocycles. The lowest BCUT2D eigenvalue weighted by molar-refractivity contribution is 0.0957. The van der Waals surface area contributed by atoms with Gasteiger partial charge in [0.15, 0.2) is 5.82 Å². The zero-order valence-corrected chi connectivity index (χ0v) is 11.6. The molecule has 1 aromatic carbocycles. The van der Waals surface area contributed by atoms with Gasteiger partial charge in [-0.15, -0.1) is 6.42 Å². The smallest absolute Gasteiger partial charge is 0.255 e. The molecule has 2 rings (SSSR count). The number of hydrogen-bond acceptors (Lipinski definition) is 2. The number of carbonyl (C=O) groups excluding carboxylic acids is 1. The number of terminal acetylenes is 1. The van der Waals surface area contributed by atoms with E-state index >= 15 is 0 Å². The minimum Gasteiger partial charge on any atom is -0.341 e. The minimum absolute atomic E-state index is 0.0769. The normalized spacial score (nSPS) is 10.2. The number of nitrogens with one attached hydrogen (secondary N) is 1. The summed E-state index contributed by atoms with van der Waals surface area (Å²) in [6.45, 7) is 3.36. The molecule has 0 bridgehead atoms. The van der Waals surface area contributed by atoms with Crippen molar-refractivity contribution in [1.82, 2.24) is 15.1 Å². The maximum atomic E-state index is 13.8. The lowest BCUT2D eigenvalue weighted by Crippen LogP contribution is -2.24. The Kier molecular flexibility index (Phi) is 4.03. The number of rotatable bonds is 3. The lowest BCUT2D eigenvalue weighted by Gasteiger charge is -2.06. The third-order valence-electron chi connectivity index (χ3n) is 3.01. The summed E-state index contributed by atoms with van der Waals surface area (Å²) < 4.78 is 28.1. The maximum absolute atomic E-state index is 13.8. The predicted molar refractivity (Wildman–Crippen MR) is 74.1 cm³/mol. The van der Waals surface area contributed by atoms with E-state index in [0.717, 1.165) is 12.1 Å². The Morgan fingerprint density at radius 1 is 1.43 bits per heavy atom. The average molecular weight is 289 g/mol. The summed E-state index contributed by atoms with van der Waals surface area (Å²) in [5.74, 6) is 0.493. The molecule has 0 radical (unpaired) electrons. The van der Waals surface area contributed by atoms with Crippen molar-refractivity contribution < 1.29 is 13.6 Å². The highest BCUT2D eigenvalue weighted by Crippen LogP contribution is 2.20. The Morgan fingerprint density at radius 3 is 2.76 bits per heavy atom. The van der Waals surface area contributed by atoms with E-state index < -0.39 is 11.6 Å². The number of halogens is 2. The SMILES string of the molecule is C#CCNC(=O)c1c(C)nn(-c2ccc(F)cc2F)c1C. The topological polar surface area (TPSA) is 46.9 Å². The van der Waals surface area contributed by atoms with Gasteiger partial charge in [-0.25, -0.2) is 13.5 Å². The molecule has 6 heteroatoms. The minimum atomic E-state index is -0.754. The fourth-order valence-electron chi connectivity index (χ4n) is 2.08. The first-order valence-electron chi connectivity index (χ1n) is 6.19. The molecule has 0 saturated carbocycles. The summed E-state index contributed by atoms with van der Waals surface area (Å²) in [6, 6.07) is 3.17. The Hall–Kier alpha value is -2.68. The van der Waals surface area contributed by atoms with Crippen LogP contribution < -0.4 is 5.32 Å². The molecule has 0 spiro atoms. The number of carbonyl (C=O) groups is 1. The van der Waals surface area contributed by atoms with Crippen LogP contribution in [0.15, 0.2) is 18.2 Å². The van der Waals surface area contributed by atoms with Crippen molar-refractivity contribution in [3.63, 3.8) is 0 Å². The van der Waals surface area contributed by atoms with Crippen molar-refractivity contribution in [3.05, 3.63) is 46.8 Å². The van der Waals surface area contributed by atoms with Crippen molar-refractivity contribution >= 4 is 5.91 Å². The van der Waals surface area contributed by atoms with Gasteiger partial charge in [0.05, 0.1) is 23.5 Å². The number of amides is 1. The fraction of sp³-hybridized carbons (Fsp3) is 0.200. The van der Waals surface area contributed by atoms with Crippen molar-refractivity contribution in [3.8, 4) is 18.0 Å². The molecule has 21 heavy (non-hydrogen) atoms. The molecule has 0 saturated heterocycles. The molecule has 1 N–H and O–H groups in total.